The zero-order valence-electron chi connectivity index (χ0n) is 18.5. The number of hydrogen-bond acceptors (Lipinski definition) is 7. The number of aromatic nitrogens is 4. The second kappa shape index (κ2) is 9.22. The van der Waals surface area contributed by atoms with Crippen LogP contribution in [0.1, 0.15) is 18.1 Å². The molecule has 8 nitrogen and oxygen atoms in total. The maximum Gasteiger partial charge on any atom is 0.160 e. The predicted octanol–water partition coefficient (Wildman–Crippen LogP) is 4.11. The number of hydrogen-bond donors (Lipinski definition) is 1. The van der Waals surface area contributed by atoms with E-state index in [4.69, 9.17) is 14.8 Å². The fourth-order valence-electron chi connectivity index (χ4n) is 3.75. The van der Waals surface area contributed by atoms with Gasteiger partial charge in [0.15, 0.2) is 11.5 Å². The van der Waals surface area contributed by atoms with E-state index in [1.165, 1.54) is 0 Å². The molecule has 1 aliphatic rings. The molecule has 1 aliphatic heterocycles. The molecule has 0 saturated carbocycles. The van der Waals surface area contributed by atoms with Gasteiger partial charge in [0.1, 0.15) is 5.82 Å². The maximum absolute atomic E-state index is 5.54. The minimum absolute atomic E-state index is 0.650. The van der Waals surface area contributed by atoms with Crippen LogP contribution < -0.4 is 10.3 Å². The highest BCUT2D eigenvalue weighted by Gasteiger charge is 2.18. The molecule has 1 saturated heterocycles. The molecule has 0 aliphatic carbocycles. The first-order valence-corrected chi connectivity index (χ1v) is 10.9. The van der Waals surface area contributed by atoms with E-state index in [9.17, 15) is 0 Å². The molecule has 0 unspecified atom stereocenters. The third kappa shape index (κ3) is 4.61. The monoisotopic (exact) mass is 439 g/mol. The molecule has 8 heteroatoms. The molecule has 4 heterocycles. The largest absolute Gasteiger partial charge is 0.378 e. The van der Waals surface area contributed by atoms with E-state index < -0.39 is 0 Å². The van der Waals surface area contributed by atoms with Gasteiger partial charge in [-0.05, 0) is 36.2 Å². The Morgan fingerprint density at radius 3 is 2.73 bits per heavy atom. The fraction of sp³-hybridized carbons (Fsp3) is 0.200. The van der Waals surface area contributed by atoms with Crippen LogP contribution >= 0.6 is 0 Å². The molecule has 1 fully saturated rings. The number of morpholine rings is 1. The van der Waals surface area contributed by atoms with E-state index >= 15 is 0 Å². The predicted molar refractivity (Wildman–Crippen MR) is 132 cm³/mol. The van der Waals surface area contributed by atoms with Crippen molar-refractivity contribution in [1.29, 1.82) is 0 Å². The Labute approximate surface area is 192 Å². The molecule has 3 aromatic heterocycles. The highest BCUT2D eigenvalue weighted by Crippen LogP contribution is 2.25. The van der Waals surface area contributed by atoms with Crippen molar-refractivity contribution >= 4 is 29.1 Å². The summed E-state index contributed by atoms with van der Waals surface area (Å²) in [6.45, 7) is 8.95. The van der Waals surface area contributed by atoms with Crippen molar-refractivity contribution in [2.75, 3.05) is 36.6 Å². The Bertz CT molecular complexity index is 1310. The molecule has 166 valence electrons. The lowest BCUT2D eigenvalue weighted by molar-refractivity contribution is 0.122. The Morgan fingerprint density at radius 2 is 1.94 bits per heavy atom. The van der Waals surface area contributed by atoms with Crippen LogP contribution in [-0.2, 0) is 4.74 Å². The van der Waals surface area contributed by atoms with Gasteiger partial charge in [0.2, 0.25) is 0 Å². The normalized spacial score (nSPS) is 14.2. The molecule has 0 atom stereocenters. The van der Waals surface area contributed by atoms with E-state index in [0.717, 1.165) is 52.5 Å². The smallest absolute Gasteiger partial charge is 0.160 e. The van der Waals surface area contributed by atoms with Crippen molar-refractivity contribution in [3.8, 4) is 11.3 Å². The van der Waals surface area contributed by atoms with Gasteiger partial charge < -0.3 is 9.64 Å². The Morgan fingerprint density at radius 1 is 1.12 bits per heavy atom. The number of hydrazone groups is 1. The van der Waals surface area contributed by atoms with Gasteiger partial charge in [-0.25, -0.2) is 4.98 Å². The van der Waals surface area contributed by atoms with Crippen LogP contribution in [0.15, 0.2) is 72.6 Å². The topological polar surface area (TPSA) is 79.9 Å². The molecular formula is C25H25N7O. The highest BCUT2D eigenvalue weighted by molar-refractivity contribution is 5.82. The summed E-state index contributed by atoms with van der Waals surface area (Å²) in [6, 6.07) is 15.9. The fourth-order valence-corrected chi connectivity index (χ4v) is 3.75. The number of pyridine rings is 1. The lowest BCUT2D eigenvalue weighted by atomic mass is 10.1. The summed E-state index contributed by atoms with van der Waals surface area (Å²) >= 11 is 0. The second-order valence-electron chi connectivity index (χ2n) is 7.91. The Balaban J connectivity index is 1.48. The SMILES string of the molecule is C=C(C)c1cccc(/C=N\Nc2cc(N3CCOCC3)n3nc(-c4ccncc4)cc3n2)c1. The van der Waals surface area contributed by atoms with Crippen LogP contribution in [0.2, 0.25) is 0 Å². The van der Waals surface area contributed by atoms with Gasteiger partial charge in [0, 0.05) is 43.2 Å². The van der Waals surface area contributed by atoms with Crippen LogP contribution in [0.5, 0.6) is 0 Å². The molecule has 4 aromatic rings. The average Bonchev–Trinajstić information content (AvgIpc) is 3.29. The number of rotatable bonds is 6. The second-order valence-corrected chi connectivity index (χ2v) is 7.91. The molecule has 5 rings (SSSR count). The molecule has 33 heavy (non-hydrogen) atoms. The van der Waals surface area contributed by atoms with Crippen molar-refractivity contribution in [2.24, 2.45) is 5.10 Å². The molecule has 0 amide bonds. The van der Waals surface area contributed by atoms with Gasteiger partial charge in [0.05, 0.1) is 25.1 Å². The summed E-state index contributed by atoms with van der Waals surface area (Å²) < 4.78 is 7.42. The summed E-state index contributed by atoms with van der Waals surface area (Å²) in [4.78, 5) is 11.1. The van der Waals surface area contributed by atoms with Crippen molar-refractivity contribution in [3.05, 3.63) is 78.6 Å². The van der Waals surface area contributed by atoms with Gasteiger partial charge in [-0.15, -0.1) is 0 Å². The summed E-state index contributed by atoms with van der Waals surface area (Å²) in [5, 5.41) is 9.24. The lowest BCUT2D eigenvalue weighted by Gasteiger charge is -2.29. The number of benzene rings is 1. The molecule has 0 radical (unpaired) electrons. The number of nitrogens with zero attached hydrogens (tertiary/aromatic N) is 6. The van der Waals surface area contributed by atoms with E-state index in [2.05, 4.69) is 33.1 Å². The summed E-state index contributed by atoms with van der Waals surface area (Å²) in [6.07, 6.45) is 5.31. The van der Waals surface area contributed by atoms with Crippen molar-refractivity contribution in [3.63, 3.8) is 0 Å². The number of nitrogens with one attached hydrogen (secondary N) is 1. The Hall–Kier alpha value is -4.04. The van der Waals surface area contributed by atoms with E-state index in [0.29, 0.717) is 19.0 Å². The number of anilines is 2. The van der Waals surface area contributed by atoms with Gasteiger partial charge in [-0.1, -0.05) is 30.4 Å². The van der Waals surface area contributed by atoms with Gasteiger partial charge in [-0.2, -0.15) is 14.7 Å². The summed E-state index contributed by atoms with van der Waals surface area (Å²) in [5.41, 5.74) is 8.77. The number of fused-ring (bicyclic) bond motifs is 1. The zero-order chi connectivity index (χ0) is 22.6. The van der Waals surface area contributed by atoms with Crippen molar-refractivity contribution in [2.45, 2.75) is 6.92 Å². The minimum Gasteiger partial charge on any atom is -0.378 e. The third-order valence-electron chi connectivity index (χ3n) is 5.49. The zero-order valence-corrected chi connectivity index (χ0v) is 18.5. The van der Waals surface area contributed by atoms with Crippen LogP contribution in [-0.4, -0.2) is 52.1 Å². The van der Waals surface area contributed by atoms with Crippen molar-refractivity contribution < 1.29 is 4.74 Å². The van der Waals surface area contributed by atoms with Crippen LogP contribution in [0.25, 0.3) is 22.5 Å². The molecule has 1 N–H and O–H groups in total. The average molecular weight is 440 g/mol. The molecular weight excluding hydrogens is 414 g/mol. The molecule has 0 spiro atoms. The van der Waals surface area contributed by atoms with Crippen LogP contribution in [0, 0.1) is 0 Å². The van der Waals surface area contributed by atoms with E-state index in [-0.39, 0.29) is 0 Å². The van der Waals surface area contributed by atoms with Crippen LogP contribution in [0.3, 0.4) is 0 Å². The van der Waals surface area contributed by atoms with Gasteiger partial charge in [0.25, 0.3) is 0 Å². The minimum atomic E-state index is 0.650. The first-order valence-electron chi connectivity index (χ1n) is 10.9. The van der Waals surface area contributed by atoms with Crippen LogP contribution in [0.4, 0.5) is 11.6 Å². The van der Waals surface area contributed by atoms with E-state index in [1.54, 1.807) is 18.6 Å². The number of allylic oxidation sites excluding steroid dienone is 1. The number of ether oxygens (including phenoxy) is 1. The third-order valence-corrected chi connectivity index (χ3v) is 5.49. The summed E-state index contributed by atoms with van der Waals surface area (Å²) in [7, 11) is 0. The van der Waals surface area contributed by atoms with Gasteiger partial charge >= 0.3 is 0 Å². The Kier molecular flexibility index (Phi) is 5.82. The van der Waals surface area contributed by atoms with E-state index in [1.807, 2.05) is 53.9 Å². The first-order chi connectivity index (χ1) is 16.2. The molecule has 0 bridgehead atoms. The van der Waals surface area contributed by atoms with Gasteiger partial charge in [-0.3, -0.25) is 10.4 Å². The lowest BCUT2D eigenvalue weighted by Crippen LogP contribution is -2.37. The highest BCUT2D eigenvalue weighted by atomic mass is 16.5. The standard InChI is InChI=1S/C25H25N7O/c1-18(2)21-5-3-4-19(14-21)17-27-29-23-16-25(31-10-12-33-13-11-31)32-24(28-23)15-22(30-32)20-6-8-26-9-7-20/h3-9,14-17H,1,10-13H2,2H3,(H,28,29)/b27-17-. The summed E-state index contributed by atoms with van der Waals surface area (Å²) in [5.74, 6) is 1.60. The maximum atomic E-state index is 5.54. The first kappa shape index (κ1) is 20.8. The van der Waals surface area contributed by atoms with Crippen molar-refractivity contribution in [1.82, 2.24) is 19.6 Å². The quantitative estimate of drug-likeness (QED) is 0.360. The molecule has 1 aromatic carbocycles.